The van der Waals surface area contributed by atoms with Gasteiger partial charge in [-0.1, -0.05) is 12.1 Å². The lowest BCUT2D eigenvalue weighted by molar-refractivity contribution is -0.142. The number of hydrogen-bond donors (Lipinski definition) is 1. The molecule has 8 nitrogen and oxygen atoms in total. The minimum Gasteiger partial charge on any atom is -0.496 e. The molecule has 1 fully saturated rings. The van der Waals surface area contributed by atoms with E-state index in [0.717, 1.165) is 0 Å². The van der Waals surface area contributed by atoms with Gasteiger partial charge in [0.05, 0.1) is 19.8 Å². The Morgan fingerprint density at radius 1 is 1.08 bits per heavy atom. The largest absolute Gasteiger partial charge is 0.496 e. The number of ether oxygens (including phenoxy) is 2. The van der Waals surface area contributed by atoms with Gasteiger partial charge in [0.2, 0.25) is 5.91 Å². The first-order chi connectivity index (χ1) is 12.5. The summed E-state index contributed by atoms with van der Waals surface area (Å²) in [5, 5.41) is 0. The van der Waals surface area contributed by atoms with Gasteiger partial charge >= 0.3 is 5.97 Å². The molecule has 1 aromatic carbocycles. The third-order valence-corrected chi connectivity index (χ3v) is 4.43. The molecule has 0 unspecified atom stereocenters. The first kappa shape index (κ1) is 19.7. The second-order valence-electron chi connectivity index (χ2n) is 6.04. The molecule has 2 rings (SSSR count). The molecule has 8 heteroatoms. The Bertz CT molecular complexity index is 656. The van der Waals surface area contributed by atoms with Crippen molar-refractivity contribution >= 4 is 17.8 Å². The lowest BCUT2D eigenvalue weighted by Crippen LogP contribution is -2.50. The summed E-state index contributed by atoms with van der Waals surface area (Å²) in [7, 11) is 2.80. The van der Waals surface area contributed by atoms with E-state index in [1.165, 1.54) is 14.2 Å². The molecule has 0 saturated carbocycles. The van der Waals surface area contributed by atoms with Crippen molar-refractivity contribution in [2.75, 3.05) is 40.4 Å². The molecule has 0 radical (unpaired) electrons. The number of benzene rings is 1. The summed E-state index contributed by atoms with van der Waals surface area (Å²) in [5.74, 6) is -0.172. The van der Waals surface area contributed by atoms with Crippen molar-refractivity contribution in [1.29, 1.82) is 0 Å². The van der Waals surface area contributed by atoms with Crippen LogP contribution < -0.4 is 10.5 Å². The van der Waals surface area contributed by atoms with E-state index in [-0.39, 0.29) is 24.7 Å². The monoisotopic (exact) mass is 363 g/mol. The average molecular weight is 363 g/mol. The second-order valence-corrected chi connectivity index (χ2v) is 6.04. The van der Waals surface area contributed by atoms with Crippen molar-refractivity contribution in [2.45, 2.75) is 18.9 Å². The van der Waals surface area contributed by atoms with Gasteiger partial charge < -0.3 is 25.0 Å². The zero-order valence-electron chi connectivity index (χ0n) is 15.1. The molecule has 1 aliphatic heterocycles. The summed E-state index contributed by atoms with van der Waals surface area (Å²) < 4.78 is 9.79. The van der Waals surface area contributed by atoms with Crippen molar-refractivity contribution in [1.82, 2.24) is 9.80 Å². The van der Waals surface area contributed by atoms with E-state index in [2.05, 4.69) is 4.74 Å². The van der Waals surface area contributed by atoms with Crippen molar-refractivity contribution in [3.05, 3.63) is 29.8 Å². The van der Waals surface area contributed by atoms with Crippen LogP contribution in [0, 0.1) is 0 Å². The summed E-state index contributed by atoms with van der Waals surface area (Å²) in [4.78, 5) is 39.6. The van der Waals surface area contributed by atoms with Crippen LogP contribution >= 0.6 is 0 Å². The van der Waals surface area contributed by atoms with Crippen molar-refractivity contribution in [3.8, 4) is 5.75 Å². The van der Waals surface area contributed by atoms with E-state index in [9.17, 15) is 14.4 Å². The Hall–Kier alpha value is -2.61. The Balaban J connectivity index is 1.85. The maximum Gasteiger partial charge on any atom is 0.322 e. The molecule has 26 heavy (non-hydrogen) atoms. The van der Waals surface area contributed by atoms with Crippen LogP contribution in [0.3, 0.4) is 0 Å². The van der Waals surface area contributed by atoms with E-state index in [1.54, 1.807) is 28.0 Å². The number of amides is 2. The van der Waals surface area contributed by atoms with E-state index in [1.807, 2.05) is 6.07 Å². The van der Waals surface area contributed by atoms with E-state index >= 15 is 0 Å². The Labute approximate surface area is 152 Å². The summed E-state index contributed by atoms with van der Waals surface area (Å²) in [6.45, 7) is 1.80. The van der Waals surface area contributed by atoms with Gasteiger partial charge in [0.25, 0.3) is 5.91 Å². The molecule has 1 aromatic rings. The van der Waals surface area contributed by atoms with E-state index < -0.39 is 12.0 Å². The van der Waals surface area contributed by atoms with Crippen molar-refractivity contribution in [3.63, 3.8) is 0 Å². The minimum atomic E-state index is -0.794. The SMILES string of the molecule is COC(=O)[C@@H](N)CCC(=O)N1CCN(C(=O)c2ccccc2OC)CC1. The maximum absolute atomic E-state index is 12.7. The lowest BCUT2D eigenvalue weighted by Gasteiger charge is -2.35. The predicted molar refractivity (Wildman–Crippen MR) is 94.7 cm³/mol. The maximum atomic E-state index is 12.7. The van der Waals surface area contributed by atoms with Crippen LogP contribution in [0.5, 0.6) is 5.75 Å². The number of rotatable bonds is 6. The fourth-order valence-corrected chi connectivity index (χ4v) is 2.86. The number of nitrogens with zero attached hydrogens (tertiary/aromatic N) is 2. The fraction of sp³-hybridized carbons (Fsp3) is 0.500. The molecule has 2 amide bonds. The number of piperazine rings is 1. The van der Waals surface area contributed by atoms with Gasteiger partial charge in [-0.05, 0) is 18.6 Å². The van der Waals surface area contributed by atoms with Crippen LogP contribution in [-0.4, -0.2) is 74.0 Å². The summed E-state index contributed by atoms with van der Waals surface area (Å²) in [6.07, 6.45) is 0.419. The number of nitrogens with two attached hydrogens (primary N) is 1. The number of carbonyl (C=O) groups is 3. The van der Waals surface area contributed by atoms with Gasteiger partial charge in [-0.2, -0.15) is 0 Å². The van der Waals surface area contributed by atoms with E-state index in [0.29, 0.717) is 37.5 Å². The van der Waals surface area contributed by atoms with Crippen molar-refractivity contribution < 1.29 is 23.9 Å². The first-order valence-corrected chi connectivity index (χ1v) is 8.51. The van der Waals surface area contributed by atoms with Gasteiger partial charge in [0.15, 0.2) is 0 Å². The molecular formula is C18H25N3O5. The van der Waals surface area contributed by atoms with Crippen LogP contribution in [-0.2, 0) is 14.3 Å². The van der Waals surface area contributed by atoms with Gasteiger partial charge in [-0.25, -0.2) is 0 Å². The zero-order chi connectivity index (χ0) is 19.1. The Morgan fingerprint density at radius 2 is 1.69 bits per heavy atom. The molecule has 0 aromatic heterocycles. The highest BCUT2D eigenvalue weighted by atomic mass is 16.5. The topological polar surface area (TPSA) is 102 Å². The molecule has 0 bridgehead atoms. The molecule has 142 valence electrons. The van der Waals surface area contributed by atoms with Gasteiger partial charge in [-0.3, -0.25) is 14.4 Å². The molecule has 2 N–H and O–H groups in total. The highest BCUT2D eigenvalue weighted by Gasteiger charge is 2.26. The second kappa shape index (κ2) is 9.19. The number of hydrogen-bond acceptors (Lipinski definition) is 6. The first-order valence-electron chi connectivity index (χ1n) is 8.51. The summed E-state index contributed by atoms with van der Waals surface area (Å²) in [5.41, 5.74) is 6.16. The molecular weight excluding hydrogens is 338 g/mol. The smallest absolute Gasteiger partial charge is 0.322 e. The van der Waals surface area contributed by atoms with Crippen LogP contribution in [0.2, 0.25) is 0 Å². The summed E-state index contributed by atoms with van der Waals surface area (Å²) in [6, 6.07) is 6.29. The number of methoxy groups -OCH3 is 2. The van der Waals surface area contributed by atoms with Crippen LogP contribution in [0.1, 0.15) is 23.2 Å². The Morgan fingerprint density at radius 3 is 2.31 bits per heavy atom. The lowest BCUT2D eigenvalue weighted by atomic mass is 10.1. The van der Waals surface area contributed by atoms with Crippen LogP contribution in [0.4, 0.5) is 0 Å². The summed E-state index contributed by atoms with van der Waals surface area (Å²) >= 11 is 0. The predicted octanol–water partition coefficient (Wildman–Crippen LogP) is 0.260. The van der Waals surface area contributed by atoms with Gasteiger partial charge in [0, 0.05) is 32.6 Å². The third kappa shape index (κ3) is 4.72. The quantitative estimate of drug-likeness (QED) is 0.728. The minimum absolute atomic E-state index is 0.0752. The van der Waals surface area contributed by atoms with Crippen LogP contribution in [0.25, 0.3) is 0 Å². The molecule has 0 spiro atoms. The zero-order valence-corrected chi connectivity index (χ0v) is 15.1. The fourth-order valence-electron chi connectivity index (χ4n) is 2.86. The third-order valence-electron chi connectivity index (χ3n) is 4.43. The average Bonchev–Trinajstić information content (AvgIpc) is 2.70. The Kier molecular flexibility index (Phi) is 6.97. The van der Waals surface area contributed by atoms with Crippen LogP contribution in [0.15, 0.2) is 24.3 Å². The molecule has 1 heterocycles. The van der Waals surface area contributed by atoms with Crippen molar-refractivity contribution in [2.24, 2.45) is 5.73 Å². The number of para-hydroxylation sites is 1. The number of esters is 1. The van der Waals surface area contributed by atoms with E-state index in [4.69, 9.17) is 10.5 Å². The highest BCUT2D eigenvalue weighted by Crippen LogP contribution is 2.20. The highest BCUT2D eigenvalue weighted by molar-refractivity contribution is 5.97. The number of carbonyl (C=O) groups excluding carboxylic acids is 3. The van der Waals surface area contributed by atoms with Gasteiger partial charge in [0.1, 0.15) is 11.8 Å². The molecule has 1 saturated heterocycles. The molecule has 0 aliphatic carbocycles. The molecule has 1 atom stereocenters. The molecule has 1 aliphatic rings. The van der Waals surface area contributed by atoms with Gasteiger partial charge in [-0.15, -0.1) is 0 Å². The normalized spacial score (nSPS) is 15.3. The standard InChI is InChI=1S/C18H25N3O5/c1-25-15-6-4-3-5-13(15)17(23)21-11-9-20(10-12-21)16(22)8-7-14(19)18(24)26-2/h3-6,14H,7-12,19H2,1-2H3/t14-/m0/s1.